The van der Waals surface area contributed by atoms with E-state index in [1.165, 1.54) is 0 Å². The second-order valence-electron chi connectivity index (χ2n) is 4.13. The van der Waals surface area contributed by atoms with Crippen molar-refractivity contribution in [2.45, 2.75) is 9.79 Å². The van der Waals surface area contributed by atoms with Gasteiger partial charge in [-0.3, -0.25) is 0 Å². The molecule has 2 aromatic rings. The third kappa shape index (κ3) is 3.53. The Morgan fingerprint density at radius 1 is 0.682 bits per heavy atom. The predicted octanol–water partition coefficient (Wildman–Crippen LogP) is -0.756. The van der Waals surface area contributed by atoms with Crippen molar-refractivity contribution in [1.29, 1.82) is 0 Å². The first-order chi connectivity index (χ1) is 9.82. The van der Waals surface area contributed by atoms with E-state index in [0.717, 1.165) is 48.5 Å². The average molecular weight is 363 g/mol. The Morgan fingerprint density at radius 3 is 1.18 bits per heavy atom. The van der Waals surface area contributed by atoms with Gasteiger partial charge < -0.3 is 19.8 Å². The molecule has 0 saturated carbocycles. The van der Waals surface area contributed by atoms with Gasteiger partial charge in [-0.25, -0.2) is 8.42 Å². The van der Waals surface area contributed by atoms with E-state index in [0.29, 0.717) is 0 Å². The Balaban J connectivity index is 0.00000242. The van der Waals surface area contributed by atoms with Crippen LogP contribution in [0.2, 0.25) is 0 Å². The van der Waals surface area contributed by atoms with Crippen molar-refractivity contribution in [2.24, 2.45) is 0 Å². The summed E-state index contributed by atoms with van der Waals surface area (Å²) in [6.45, 7) is 0. The minimum absolute atomic E-state index is 0. The molecule has 8 heteroatoms. The van der Waals surface area contributed by atoms with Gasteiger partial charge in [0.1, 0.15) is 0 Å². The molecule has 115 valence electrons. The van der Waals surface area contributed by atoms with Crippen molar-refractivity contribution >= 4 is 21.8 Å². The van der Waals surface area contributed by atoms with Crippen LogP contribution in [0.5, 0.6) is 0 Å². The van der Waals surface area contributed by atoms with Crippen molar-refractivity contribution < 1.29 is 45.0 Å². The molecule has 0 bridgehead atoms. The van der Waals surface area contributed by atoms with Crippen LogP contribution in [-0.2, 0) is 26.6 Å². The van der Waals surface area contributed by atoms with E-state index >= 15 is 0 Å². The maximum atomic E-state index is 12.3. The Morgan fingerprint density at radius 2 is 0.955 bits per heavy atom. The number of rotatable bonds is 4. The van der Waals surface area contributed by atoms with Crippen molar-refractivity contribution in [3.8, 4) is 0 Å². The maximum absolute atomic E-state index is 12.3. The van der Waals surface area contributed by atoms with Gasteiger partial charge in [0, 0.05) is 0 Å². The molecule has 0 fully saturated rings. The molecule has 0 saturated heterocycles. The minimum Gasteiger partial charge on any atom is -0.545 e. The topological polar surface area (TPSA) is 114 Å². The molecular weight excluding hydrogens is 355 g/mol. The van der Waals surface area contributed by atoms with E-state index in [1.54, 1.807) is 0 Å². The van der Waals surface area contributed by atoms with Gasteiger partial charge in [0.05, 0.1) is 21.7 Å². The monoisotopic (exact) mass is 363 g/mol. The molecule has 0 amide bonds. The standard InChI is InChI=1S/C14H10O6S.Co/c15-13(16)9-1-5-11(6-2-9)21(19,20)12-7-3-10(4-8-12)14(17)18;/h1-8H,(H,15,16)(H,17,18);/q;+2/p-2. The van der Waals surface area contributed by atoms with Gasteiger partial charge in [-0.05, 0) is 35.4 Å². The minimum atomic E-state index is -3.85. The molecule has 22 heavy (non-hydrogen) atoms. The van der Waals surface area contributed by atoms with Crippen LogP contribution in [0.1, 0.15) is 20.7 Å². The molecule has 1 radical (unpaired) electrons. The SMILES string of the molecule is O=C([O-])c1ccc(S(=O)(=O)c2ccc(C(=O)[O-])cc2)cc1.[Co+2]. The third-order valence-corrected chi connectivity index (χ3v) is 4.59. The molecule has 0 aliphatic heterocycles. The Bertz CT molecular complexity index is 731. The second-order valence-corrected chi connectivity index (χ2v) is 6.08. The first-order valence-corrected chi connectivity index (χ1v) is 7.18. The van der Waals surface area contributed by atoms with Crippen LogP contribution >= 0.6 is 0 Å². The molecular formula is C14H8CoO6S. The largest absolute Gasteiger partial charge is 2.00 e. The molecule has 0 aliphatic rings. The summed E-state index contributed by atoms with van der Waals surface area (Å²) in [5.41, 5.74) is -0.275. The summed E-state index contributed by atoms with van der Waals surface area (Å²) in [7, 11) is -3.85. The van der Waals surface area contributed by atoms with Crippen LogP contribution in [-0.4, -0.2) is 20.4 Å². The number of carboxylic acid groups (broad SMARTS) is 2. The van der Waals surface area contributed by atoms with E-state index in [1.807, 2.05) is 0 Å². The molecule has 0 N–H and O–H groups in total. The molecule has 2 rings (SSSR count). The molecule has 0 spiro atoms. The summed E-state index contributed by atoms with van der Waals surface area (Å²) in [5, 5.41) is 21.2. The molecule has 0 aliphatic carbocycles. The number of aromatic carboxylic acids is 2. The quantitative estimate of drug-likeness (QED) is 0.706. The van der Waals surface area contributed by atoms with Gasteiger partial charge in [-0.15, -0.1) is 0 Å². The summed E-state index contributed by atoms with van der Waals surface area (Å²) in [5.74, 6) is -2.81. The van der Waals surface area contributed by atoms with E-state index in [9.17, 15) is 28.2 Å². The van der Waals surface area contributed by atoms with Crippen molar-refractivity contribution in [1.82, 2.24) is 0 Å². The van der Waals surface area contributed by atoms with Crippen LogP contribution in [0.25, 0.3) is 0 Å². The van der Waals surface area contributed by atoms with E-state index in [4.69, 9.17) is 0 Å². The zero-order valence-electron chi connectivity index (χ0n) is 10.8. The number of sulfone groups is 1. The summed E-state index contributed by atoms with van der Waals surface area (Å²) < 4.78 is 24.5. The number of carboxylic acids is 2. The van der Waals surface area contributed by atoms with Gasteiger partial charge in [-0.1, -0.05) is 24.3 Å². The number of hydrogen-bond donors (Lipinski definition) is 0. The Hall–Kier alpha value is -2.16. The van der Waals surface area contributed by atoms with Crippen LogP contribution in [0, 0.1) is 0 Å². The van der Waals surface area contributed by atoms with E-state index in [-0.39, 0.29) is 37.7 Å². The first-order valence-electron chi connectivity index (χ1n) is 5.70. The number of carbonyl (C=O) groups is 2. The van der Waals surface area contributed by atoms with E-state index in [2.05, 4.69) is 0 Å². The van der Waals surface area contributed by atoms with Gasteiger partial charge in [0.15, 0.2) is 0 Å². The predicted molar refractivity (Wildman–Crippen MR) is 67.0 cm³/mol. The summed E-state index contributed by atoms with van der Waals surface area (Å²) >= 11 is 0. The molecule has 0 aromatic heterocycles. The Kier molecular flexibility index (Phi) is 5.47. The number of carbonyl (C=O) groups excluding carboxylic acids is 2. The number of hydrogen-bond acceptors (Lipinski definition) is 6. The average Bonchev–Trinajstić information content (AvgIpc) is 2.47. The third-order valence-electron chi connectivity index (χ3n) is 2.80. The van der Waals surface area contributed by atoms with Crippen molar-refractivity contribution in [3.05, 3.63) is 59.7 Å². The Labute approximate surface area is 136 Å². The summed E-state index contributed by atoms with van der Waals surface area (Å²) in [6.07, 6.45) is 0. The van der Waals surface area contributed by atoms with Crippen LogP contribution < -0.4 is 10.2 Å². The van der Waals surface area contributed by atoms with Crippen LogP contribution in [0.15, 0.2) is 58.3 Å². The van der Waals surface area contributed by atoms with Crippen molar-refractivity contribution in [2.75, 3.05) is 0 Å². The molecule has 0 atom stereocenters. The van der Waals surface area contributed by atoms with Crippen LogP contribution in [0.3, 0.4) is 0 Å². The van der Waals surface area contributed by atoms with E-state index < -0.39 is 21.8 Å². The van der Waals surface area contributed by atoms with Crippen molar-refractivity contribution in [3.63, 3.8) is 0 Å². The van der Waals surface area contributed by atoms with Gasteiger partial charge in [0.25, 0.3) is 0 Å². The maximum Gasteiger partial charge on any atom is 2.00 e. The first kappa shape index (κ1) is 17.9. The fourth-order valence-corrected chi connectivity index (χ4v) is 2.94. The number of benzene rings is 2. The van der Waals surface area contributed by atoms with Crippen LogP contribution in [0.4, 0.5) is 0 Å². The second kappa shape index (κ2) is 6.73. The summed E-state index contributed by atoms with van der Waals surface area (Å²) in [6, 6.07) is 9.07. The smallest absolute Gasteiger partial charge is 0.545 e. The fourth-order valence-electron chi connectivity index (χ4n) is 1.68. The van der Waals surface area contributed by atoms with Gasteiger partial charge >= 0.3 is 16.8 Å². The molecule has 6 nitrogen and oxygen atoms in total. The normalized spacial score (nSPS) is 10.5. The van der Waals surface area contributed by atoms with Gasteiger partial charge in [0.2, 0.25) is 9.84 Å². The molecule has 0 heterocycles. The zero-order valence-corrected chi connectivity index (χ0v) is 12.7. The molecule has 2 aromatic carbocycles. The van der Waals surface area contributed by atoms with Gasteiger partial charge in [-0.2, -0.15) is 0 Å². The summed E-state index contributed by atoms with van der Waals surface area (Å²) in [4.78, 5) is 21.0. The fraction of sp³-hybridized carbons (Fsp3) is 0. The molecule has 0 unspecified atom stereocenters. The zero-order chi connectivity index (χ0) is 15.6.